The fraction of sp³-hybridized carbons (Fsp3) is 0.455. The average molecular weight is 383 g/mol. The summed E-state index contributed by atoms with van der Waals surface area (Å²) in [6.45, 7) is 3.91. The van der Waals surface area contributed by atoms with Crippen LogP contribution in [0, 0.1) is 12.7 Å². The summed E-state index contributed by atoms with van der Waals surface area (Å²) in [5.74, 6) is -0.229. The summed E-state index contributed by atoms with van der Waals surface area (Å²) >= 11 is 0. The zero-order valence-corrected chi connectivity index (χ0v) is 16.4. The summed E-state index contributed by atoms with van der Waals surface area (Å²) < 4.78 is 19.4. The number of carbonyl (C=O) groups is 1. The maximum atomic E-state index is 13.2. The van der Waals surface area contributed by atoms with Crippen molar-refractivity contribution in [2.24, 2.45) is 0 Å². The summed E-state index contributed by atoms with van der Waals surface area (Å²) in [5, 5.41) is 0. The standard InChI is InChI=1S/C22H26FN3O2/c1-16-4-3-5-20(24-16)21(27)26-12-10-22(11-13-26)14-19(15-28-22)25(2)18-8-6-17(23)7-9-18/h3-9,19H,10-15H2,1-2H3/t19-/m1/s1. The number of aromatic nitrogens is 1. The second kappa shape index (κ2) is 7.51. The van der Waals surface area contributed by atoms with E-state index in [9.17, 15) is 9.18 Å². The highest BCUT2D eigenvalue weighted by molar-refractivity contribution is 5.92. The molecule has 0 unspecified atom stereocenters. The third-order valence-corrected chi connectivity index (χ3v) is 6.04. The van der Waals surface area contributed by atoms with Crippen LogP contribution in [0.25, 0.3) is 0 Å². The van der Waals surface area contributed by atoms with Crippen molar-refractivity contribution in [1.29, 1.82) is 0 Å². The van der Waals surface area contributed by atoms with Gasteiger partial charge in [0.2, 0.25) is 0 Å². The quantitative estimate of drug-likeness (QED) is 0.815. The van der Waals surface area contributed by atoms with Crippen LogP contribution in [0.2, 0.25) is 0 Å². The van der Waals surface area contributed by atoms with Crippen LogP contribution in [0.4, 0.5) is 10.1 Å². The molecular weight excluding hydrogens is 357 g/mol. The van der Waals surface area contributed by atoms with Crippen LogP contribution in [0.3, 0.4) is 0 Å². The number of ether oxygens (including phenoxy) is 1. The predicted octanol–water partition coefficient (Wildman–Crippen LogP) is 3.43. The zero-order chi connectivity index (χ0) is 19.7. The van der Waals surface area contributed by atoms with E-state index in [1.54, 1.807) is 18.2 Å². The van der Waals surface area contributed by atoms with E-state index in [0.717, 1.165) is 30.6 Å². The maximum Gasteiger partial charge on any atom is 0.272 e. The van der Waals surface area contributed by atoms with Gasteiger partial charge in [0.25, 0.3) is 5.91 Å². The third-order valence-electron chi connectivity index (χ3n) is 6.04. The van der Waals surface area contributed by atoms with Gasteiger partial charge in [0.15, 0.2) is 0 Å². The Kier molecular flexibility index (Phi) is 5.06. The lowest BCUT2D eigenvalue weighted by Crippen LogP contribution is -2.47. The molecule has 0 bridgehead atoms. The van der Waals surface area contributed by atoms with Crippen LogP contribution < -0.4 is 4.90 Å². The normalized spacial score (nSPS) is 21.1. The second-order valence-corrected chi connectivity index (χ2v) is 7.90. The summed E-state index contributed by atoms with van der Waals surface area (Å²) in [4.78, 5) is 21.1. The van der Waals surface area contributed by atoms with Crippen molar-refractivity contribution >= 4 is 11.6 Å². The van der Waals surface area contributed by atoms with E-state index in [0.29, 0.717) is 25.4 Å². The number of hydrogen-bond donors (Lipinski definition) is 0. The molecule has 5 nitrogen and oxygen atoms in total. The van der Waals surface area contributed by atoms with E-state index >= 15 is 0 Å². The first kappa shape index (κ1) is 18.9. The van der Waals surface area contributed by atoms with E-state index in [-0.39, 0.29) is 23.4 Å². The van der Waals surface area contributed by atoms with Gasteiger partial charge in [-0.2, -0.15) is 0 Å². The molecule has 0 radical (unpaired) electrons. The average Bonchev–Trinajstić information content (AvgIpc) is 3.12. The highest BCUT2D eigenvalue weighted by atomic mass is 19.1. The Hall–Kier alpha value is -2.47. The topological polar surface area (TPSA) is 45.7 Å². The molecule has 1 aromatic heterocycles. The van der Waals surface area contributed by atoms with Crippen LogP contribution in [-0.4, -0.2) is 54.2 Å². The minimum absolute atomic E-state index is 0.00322. The van der Waals surface area contributed by atoms with Gasteiger partial charge >= 0.3 is 0 Å². The molecule has 148 valence electrons. The lowest BCUT2D eigenvalue weighted by Gasteiger charge is -2.39. The number of aryl methyl sites for hydroxylation is 1. The van der Waals surface area contributed by atoms with Gasteiger partial charge in [-0.05, 0) is 62.6 Å². The minimum Gasteiger partial charge on any atom is -0.373 e. The van der Waals surface area contributed by atoms with Crippen molar-refractivity contribution < 1.29 is 13.9 Å². The SMILES string of the molecule is Cc1cccc(C(=O)N2CCC3(CC2)C[C@@H](N(C)c2ccc(F)cc2)CO3)n1. The van der Waals surface area contributed by atoms with Crippen LogP contribution in [0.1, 0.15) is 35.4 Å². The molecule has 1 amide bonds. The highest BCUT2D eigenvalue weighted by Crippen LogP contribution is 2.38. The minimum atomic E-state index is -0.226. The molecule has 2 aliphatic heterocycles. The van der Waals surface area contributed by atoms with Crippen molar-refractivity contribution in [3.05, 3.63) is 59.7 Å². The molecule has 0 saturated carbocycles. The summed E-state index contributed by atoms with van der Waals surface area (Å²) in [5.41, 5.74) is 2.18. The number of likely N-dealkylation sites (tertiary alicyclic amines) is 1. The van der Waals surface area contributed by atoms with Gasteiger partial charge in [0, 0.05) is 31.5 Å². The number of likely N-dealkylation sites (N-methyl/N-ethyl adjacent to an activating group) is 1. The second-order valence-electron chi connectivity index (χ2n) is 7.90. The van der Waals surface area contributed by atoms with E-state index < -0.39 is 0 Å². The number of rotatable bonds is 3. The van der Waals surface area contributed by atoms with E-state index in [4.69, 9.17) is 4.74 Å². The van der Waals surface area contributed by atoms with Gasteiger partial charge in [-0.1, -0.05) is 6.07 Å². The van der Waals surface area contributed by atoms with Crippen molar-refractivity contribution in [2.75, 3.05) is 31.6 Å². The summed E-state index contributed by atoms with van der Waals surface area (Å²) in [6.07, 6.45) is 2.59. The maximum absolute atomic E-state index is 13.2. The first-order chi connectivity index (χ1) is 13.5. The molecule has 1 atom stereocenters. The molecule has 2 saturated heterocycles. The number of halogens is 1. The summed E-state index contributed by atoms with van der Waals surface area (Å²) in [7, 11) is 2.03. The van der Waals surface area contributed by atoms with Crippen LogP contribution in [-0.2, 0) is 4.74 Å². The number of amides is 1. The smallest absolute Gasteiger partial charge is 0.272 e. The molecule has 4 rings (SSSR count). The molecule has 3 heterocycles. The number of nitrogens with zero attached hydrogens (tertiary/aromatic N) is 3. The molecule has 2 aromatic rings. The Balaban J connectivity index is 1.37. The van der Waals surface area contributed by atoms with E-state index in [2.05, 4.69) is 9.88 Å². The van der Waals surface area contributed by atoms with Gasteiger partial charge in [-0.25, -0.2) is 9.37 Å². The number of hydrogen-bond acceptors (Lipinski definition) is 4. The Morgan fingerprint density at radius 3 is 2.61 bits per heavy atom. The van der Waals surface area contributed by atoms with Gasteiger partial charge in [-0.15, -0.1) is 0 Å². The van der Waals surface area contributed by atoms with Gasteiger partial charge in [-0.3, -0.25) is 4.79 Å². The van der Waals surface area contributed by atoms with Crippen molar-refractivity contribution in [2.45, 2.75) is 37.8 Å². The Labute approximate surface area is 165 Å². The molecule has 2 aliphatic rings. The Bertz CT molecular complexity index is 847. The van der Waals surface area contributed by atoms with Gasteiger partial charge in [0.05, 0.1) is 18.2 Å². The van der Waals surface area contributed by atoms with Crippen LogP contribution in [0.15, 0.2) is 42.5 Å². The molecule has 2 fully saturated rings. The first-order valence-electron chi connectivity index (χ1n) is 9.81. The van der Waals surface area contributed by atoms with Crippen molar-refractivity contribution in [3.63, 3.8) is 0 Å². The predicted molar refractivity (Wildman–Crippen MR) is 106 cm³/mol. The molecule has 0 N–H and O–H groups in total. The fourth-order valence-electron chi connectivity index (χ4n) is 4.25. The van der Waals surface area contributed by atoms with Crippen LogP contribution >= 0.6 is 0 Å². The molecular formula is C22H26FN3O2. The number of benzene rings is 1. The highest BCUT2D eigenvalue weighted by Gasteiger charge is 2.44. The number of carbonyl (C=O) groups excluding carboxylic acids is 1. The number of pyridine rings is 1. The Morgan fingerprint density at radius 2 is 1.93 bits per heavy atom. The lowest BCUT2D eigenvalue weighted by atomic mass is 9.87. The molecule has 28 heavy (non-hydrogen) atoms. The number of anilines is 1. The zero-order valence-electron chi connectivity index (χ0n) is 16.4. The van der Waals surface area contributed by atoms with Crippen molar-refractivity contribution in [1.82, 2.24) is 9.88 Å². The number of piperidine rings is 1. The first-order valence-corrected chi connectivity index (χ1v) is 9.81. The summed E-state index contributed by atoms with van der Waals surface area (Å²) in [6, 6.07) is 12.4. The molecule has 6 heteroatoms. The Morgan fingerprint density at radius 1 is 1.21 bits per heavy atom. The largest absolute Gasteiger partial charge is 0.373 e. The molecule has 0 aliphatic carbocycles. The van der Waals surface area contributed by atoms with E-state index in [1.807, 2.05) is 31.0 Å². The molecule has 1 aromatic carbocycles. The van der Waals surface area contributed by atoms with Crippen LogP contribution in [0.5, 0.6) is 0 Å². The fourth-order valence-corrected chi connectivity index (χ4v) is 4.25. The van der Waals surface area contributed by atoms with Gasteiger partial charge in [0.1, 0.15) is 11.5 Å². The van der Waals surface area contributed by atoms with E-state index in [1.165, 1.54) is 12.1 Å². The van der Waals surface area contributed by atoms with Gasteiger partial charge < -0.3 is 14.5 Å². The lowest BCUT2D eigenvalue weighted by molar-refractivity contribution is -0.0389. The molecule has 1 spiro atoms. The van der Waals surface area contributed by atoms with Crippen molar-refractivity contribution in [3.8, 4) is 0 Å². The monoisotopic (exact) mass is 383 g/mol. The third kappa shape index (κ3) is 3.74.